The third kappa shape index (κ3) is 3.46. The van der Waals surface area contributed by atoms with Gasteiger partial charge in [-0.2, -0.15) is 0 Å². The second-order valence-corrected chi connectivity index (χ2v) is 11.7. The molecule has 3 aliphatic rings. The summed E-state index contributed by atoms with van der Waals surface area (Å²) in [6.07, 6.45) is 3.78. The Hall–Kier alpha value is -4.20. The largest absolute Gasteiger partial charge is 0.497 e. The van der Waals surface area contributed by atoms with E-state index < -0.39 is 23.4 Å². The van der Waals surface area contributed by atoms with Crippen LogP contribution in [-0.2, 0) is 0 Å². The molecule has 0 bridgehead atoms. The van der Waals surface area contributed by atoms with Crippen LogP contribution in [0.25, 0.3) is 6.08 Å². The minimum atomic E-state index is -1.61. The number of thiophene rings is 1. The van der Waals surface area contributed by atoms with Crippen LogP contribution in [0.3, 0.4) is 0 Å². The monoisotopic (exact) mass is 581 g/mol. The maximum Gasteiger partial charge on any atom is 0.195 e. The number of anilines is 1. The molecule has 1 spiro atoms. The van der Waals surface area contributed by atoms with E-state index >= 15 is 0 Å². The first kappa shape index (κ1) is 25.7. The molecule has 4 aromatic rings. The van der Waals surface area contributed by atoms with Gasteiger partial charge in [0.25, 0.3) is 0 Å². The van der Waals surface area contributed by atoms with Crippen LogP contribution in [0.1, 0.15) is 47.4 Å². The van der Waals surface area contributed by atoms with Gasteiger partial charge in [-0.3, -0.25) is 14.4 Å². The van der Waals surface area contributed by atoms with Crippen molar-refractivity contribution in [2.24, 2.45) is 5.41 Å². The van der Waals surface area contributed by atoms with Gasteiger partial charge in [0.15, 0.2) is 17.3 Å². The van der Waals surface area contributed by atoms with Gasteiger partial charge in [-0.25, -0.2) is 0 Å². The molecule has 0 amide bonds. The lowest BCUT2D eigenvalue weighted by Gasteiger charge is -2.37. The van der Waals surface area contributed by atoms with Gasteiger partial charge < -0.3 is 14.4 Å². The first-order valence-electron chi connectivity index (χ1n) is 13.2. The second kappa shape index (κ2) is 9.43. The third-order valence-corrected chi connectivity index (χ3v) is 9.69. The number of carbonyl (C=O) groups excluding carboxylic acids is 3. The van der Waals surface area contributed by atoms with E-state index in [1.54, 1.807) is 55.6 Å². The van der Waals surface area contributed by atoms with Gasteiger partial charge in [0.1, 0.15) is 23.0 Å². The summed E-state index contributed by atoms with van der Waals surface area (Å²) in [6.45, 7) is 0. The summed E-state index contributed by atoms with van der Waals surface area (Å²) < 4.78 is 11.3. The van der Waals surface area contributed by atoms with Gasteiger partial charge in [0, 0.05) is 39.4 Å². The molecule has 0 N–H and O–H groups in total. The summed E-state index contributed by atoms with van der Waals surface area (Å²) >= 11 is 7.70. The lowest BCUT2D eigenvalue weighted by molar-refractivity contribution is 0.0665. The van der Waals surface area contributed by atoms with Gasteiger partial charge in [-0.1, -0.05) is 60.2 Å². The summed E-state index contributed by atoms with van der Waals surface area (Å²) in [5.74, 6) is -0.628. The molecular weight excluding hydrogens is 558 g/mol. The Morgan fingerprint density at radius 1 is 0.927 bits per heavy atom. The smallest absolute Gasteiger partial charge is 0.195 e. The summed E-state index contributed by atoms with van der Waals surface area (Å²) in [5, 5.41) is 2.40. The van der Waals surface area contributed by atoms with Crippen molar-refractivity contribution in [3.05, 3.63) is 116 Å². The van der Waals surface area contributed by atoms with Gasteiger partial charge in [0.2, 0.25) is 0 Å². The normalized spacial score (nSPS) is 21.5. The number of nitrogens with zero attached hydrogens (tertiary/aromatic N) is 1. The van der Waals surface area contributed by atoms with E-state index in [9.17, 15) is 14.4 Å². The predicted molar refractivity (Wildman–Crippen MR) is 159 cm³/mol. The highest BCUT2D eigenvalue weighted by Gasteiger charge is 2.72. The first-order chi connectivity index (χ1) is 19.9. The number of methoxy groups -OCH3 is 2. The fourth-order valence-electron chi connectivity index (χ4n) is 6.93. The molecule has 3 aromatic carbocycles. The minimum Gasteiger partial charge on any atom is -0.497 e. The number of Topliss-reactive ketones (excluding diaryl/α,β-unsaturated/α-hetero) is 3. The van der Waals surface area contributed by atoms with E-state index in [1.807, 2.05) is 46.7 Å². The molecule has 3 atom stereocenters. The summed E-state index contributed by atoms with van der Waals surface area (Å²) in [6, 6.07) is 19.7. The molecule has 7 rings (SSSR count). The standard InChI is InChI=1S/C33H24ClNO5S/c1-39-20-11-12-23(25(17-20)40-2)28-29(30(36)26-8-5-15-41-26)35-24-13-10-19(34)16-18(24)9-14-27(35)33(28)31(37)21-6-3-4-7-22(21)32(33)38/h3-17,27-29H,1-2H3/t27-,28-,29+/m1/s1. The molecule has 2 aliphatic heterocycles. The fourth-order valence-corrected chi connectivity index (χ4v) is 7.81. The SMILES string of the molecule is COc1ccc([C@@H]2[C@@H](C(=O)c3cccs3)N3c4ccc(Cl)cc4C=C[C@@H]3C23C(=O)c2ccccc2C3=O)c(OC)c1. The molecule has 1 aliphatic carbocycles. The summed E-state index contributed by atoms with van der Waals surface area (Å²) in [4.78, 5) is 46.6. The van der Waals surface area contributed by atoms with Crippen molar-refractivity contribution in [3.63, 3.8) is 0 Å². The maximum atomic E-state index is 14.7. The number of hydrogen-bond donors (Lipinski definition) is 0. The predicted octanol–water partition coefficient (Wildman–Crippen LogP) is 6.74. The van der Waals surface area contributed by atoms with Gasteiger partial charge >= 0.3 is 0 Å². The van der Waals surface area contributed by atoms with Crippen LogP contribution in [-0.4, -0.2) is 43.7 Å². The lowest BCUT2D eigenvalue weighted by Crippen LogP contribution is -2.48. The van der Waals surface area contributed by atoms with Gasteiger partial charge in [0.05, 0.1) is 25.1 Å². The molecule has 8 heteroatoms. The molecular formula is C33H24ClNO5S. The average Bonchev–Trinajstić information content (AvgIpc) is 3.70. The minimum absolute atomic E-state index is 0.169. The van der Waals surface area contributed by atoms with E-state index in [1.165, 1.54) is 18.4 Å². The molecule has 0 saturated carbocycles. The highest BCUT2D eigenvalue weighted by atomic mass is 35.5. The Morgan fingerprint density at radius 3 is 2.34 bits per heavy atom. The van der Waals surface area contributed by atoms with Gasteiger partial charge in [-0.15, -0.1) is 11.3 Å². The Morgan fingerprint density at radius 2 is 1.68 bits per heavy atom. The summed E-state index contributed by atoms with van der Waals surface area (Å²) in [5.41, 5.74) is 1.27. The Labute approximate surface area is 245 Å². The Kier molecular flexibility index (Phi) is 5.92. The number of halogens is 1. The third-order valence-electron chi connectivity index (χ3n) is 8.57. The van der Waals surface area contributed by atoms with Crippen molar-refractivity contribution in [2.75, 3.05) is 19.1 Å². The summed E-state index contributed by atoms with van der Waals surface area (Å²) in [7, 11) is 3.09. The van der Waals surface area contributed by atoms with E-state index in [2.05, 4.69) is 0 Å². The van der Waals surface area contributed by atoms with Crippen LogP contribution in [0.4, 0.5) is 5.69 Å². The number of rotatable bonds is 5. The highest BCUT2D eigenvalue weighted by molar-refractivity contribution is 7.12. The zero-order valence-electron chi connectivity index (χ0n) is 22.2. The van der Waals surface area contributed by atoms with Crippen LogP contribution in [0.15, 0.2) is 84.3 Å². The topological polar surface area (TPSA) is 72.9 Å². The van der Waals surface area contributed by atoms with Crippen LogP contribution in [0.5, 0.6) is 11.5 Å². The van der Waals surface area contributed by atoms with Crippen molar-refractivity contribution in [2.45, 2.75) is 18.0 Å². The van der Waals surface area contributed by atoms with Gasteiger partial charge in [-0.05, 0) is 41.3 Å². The van der Waals surface area contributed by atoms with E-state index in [-0.39, 0.29) is 17.3 Å². The van der Waals surface area contributed by atoms with Crippen molar-refractivity contribution in [3.8, 4) is 11.5 Å². The second-order valence-electron chi connectivity index (χ2n) is 10.4. The van der Waals surface area contributed by atoms with Crippen molar-refractivity contribution >= 4 is 52.1 Å². The quantitative estimate of drug-likeness (QED) is 0.192. The lowest BCUT2D eigenvalue weighted by atomic mass is 9.64. The fraction of sp³-hybridized carbons (Fsp3) is 0.182. The highest BCUT2D eigenvalue weighted by Crippen LogP contribution is 2.62. The average molecular weight is 582 g/mol. The molecule has 0 unspecified atom stereocenters. The van der Waals surface area contributed by atoms with Crippen LogP contribution in [0, 0.1) is 5.41 Å². The van der Waals surface area contributed by atoms with Crippen LogP contribution < -0.4 is 14.4 Å². The Balaban J connectivity index is 1.57. The molecule has 6 nitrogen and oxygen atoms in total. The maximum absolute atomic E-state index is 14.7. The molecule has 0 radical (unpaired) electrons. The zero-order valence-corrected chi connectivity index (χ0v) is 23.7. The number of fused-ring (bicyclic) bond motifs is 5. The number of benzene rings is 3. The van der Waals surface area contributed by atoms with Crippen molar-refractivity contribution in [1.82, 2.24) is 0 Å². The van der Waals surface area contributed by atoms with Crippen molar-refractivity contribution in [1.29, 1.82) is 0 Å². The zero-order chi connectivity index (χ0) is 28.5. The number of ketones is 3. The van der Waals surface area contributed by atoms with E-state index in [4.69, 9.17) is 21.1 Å². The molecule has 1 saturated heterocycles. The first-order valence-corrected chi connectivity index (χ1v) is 14.4. The number of ether oxygens (including phenoxy) is 2. The van der Waals surface area contributed by atoms with Crippen molar-refractivity contribution < 1.29 is 23.9 Å². The van der Waals surface area contributed by atoms with E-state index in [0.717, 1.165) is 11.3 Å². The number of carbonyl (C=O) groups is 3. The van der Waals surface area contributed by atoms with Crippen LogP contribution >= 0.6 is 22.9 Å². The van der Waals surface area contributed by atoms with Crippen LogP contribution in [0.2, 0.25) is 5.02 Å². The Bertz CT molecular complexity index is 1740. The molecule has 1 fully saturated rings. The van der Waals surface area contributed by atoms with E-state index in [0.29, 0.717) is 38.1 Å². The molecule has 1 aromatic heterocycles. The molecule has 204 valence electrons. The molecule has 3 heterocycles. The number of hydrogen-bond acceptors (Lipinski definition) is 7. The molecule has 41 heavy (non-hydrogen) atoms.